The van der Waals surface area contributed by atoms with Gasteiger partial charge in [-0.3, -0.25) is 14.9 Å². The summed E-state index contributed by atoms with van der Waals surface area (Å²) in [6.07, 6.45) is 1.51. The summed E-state index contributed by atoms with van der Waals surface area (Å²) in [6, 6.07) is 17.2. The average Bonchev–Trinajstić information content (AvgIpc) is 3.31. The zero-order valence-corrected chi connectivity index (χ0v) is 15.5. The normalized spacial score (nSPS) is 10.7. The van der Waals surface area contributed by atoms with E-state index >= 15 is 0 Å². The molecule has 0 bridgehead atoms. The van der Waals surface area contributed by atoms with E-state index in [1.165, 1.54) is 30.5 Å². The first-order valence-electron chi connectivity index (χ1n) is 8.91. The number of fused-ring (bicyclic) bond motifs is 1. The smallest absolute Gasteiger partial charge is 0.339 e. The molecule has 0 atom stereocenters. The van der Waals surface area contributed by atoms with Crippen LogP contribution in [0, 0.1) is 10.1 Å². The molecule has 0 saturated carbocycles. The highest BCUT2D eigenvalue weighted by atomic mass is 16.6. The highest BCUT2D eigenvalue weighted by Gasteiger charge is 2.18. The van der Waals surface area contributed by atoms with Crippen LogP contribution >= 0.6 is 0 Å². The van der Waals surface area contributed by atoms with Crippen molar-refractivity contribution in [2.45, 2.75) is 0 Å². The van der Waals surface area contributed by atoms with E-state index in [1.807, 2.05) is 0 Å². The summed E-state index contributed by atoms with van der Waals surface area (Å²) < 4.78 is 10.6. The van der Waals surface area contributed by atoms with Gasteiger partial charge in [-0.25, -0.2) is 9.78 Å². The summed E-state index contributed by atoms with van der Waals surface area (Å²) in [5.41, 5.74) is 1.39. The van der Waals surface area contributed by atoms with Gasteiger partial charge >= 0.3 is 5.97 Å². The zero-order chi connectivity index (χ0) is 21.1. The van der Waals surface area contributed by atoms with Crippen molar-refractivity contribution in [1.82, 2.24) is 4.98 Å². The maximum absolute atomic E-state index is 12.7. The summed E-state index contributed by atoms with van der Waals surface area (Å²) in [6.45, 7) is -0.497. The average molecular weight is 402 g/mol. The third-order valence-electron chi connectivity index (χ3n) is 4.44. The van der Waals surface area contributed by atoms with Crippen molar-refractivity contribution >= 4 is 28.3 Å². The number of nitrogens with zero attached hydrogens (tertiary/aromatic N) is 2. The van der Waals surface area contributed by atoms with Crippen LogP contribution < -0.4 is 0 Å². The molecule has 0 aliphatic heterocycles. The maximum Gasteiger partial charge on any atom is 0.339 e. The standard InChI is InChI=1S/C22H14N2O6/c25-20(14-7-9-15(10-8-14)24(27)28)13-30-22(26)17-12-19(21-6-3-11-29-21)23-18-5-2-1-4-16(17)18/h1-12H,13H2. The van der Waals surface area contributed by atoms with Gasteiger partial charge < -0.3 is 9.15 Å². The van der Waals surface area contributed by atoms with Gasteiger partial charge in [-0.15, -0.1) is 0 Å². The molecule has 0 fully saturated rings. The largest absolute Gasteiger partial charge is 0.463 e. The van der Waals surface area contributed by atoms with Gasteiger partial charge in [-0.1, -0.05) is 18.2 Å². The quantitative estimate of drug-likeness (QED) is 0.203. The molecule has 8 nitrogen and oxygen atoms in total. The SMILES string of the molecule is O=C(COC(=O)c1cc(-c2ccco2)nc2ccccc12)c1ccc([N+](=O)[O-])cc1. The first-order valence-corrected chi connectivity index (χ1v) is 8.91. The van der Waals surface area contributed by atoms with Gasteiger partial charge in [0.1, 0.15) is 5.69 Å². The van der Waals surface area contributed by atoms with Gasteiger partial charge in [0.05, 0.1) is 22.3 Å². The van der Waals surface area contributed by atoms with Gasteiger partial charge in [0, 0.05) is 23.1 Å². The number of carbonyl (C=O) groups is 2. The van der Waals surface area contributed by atoms with Crippen LogP contribution in [0.2, 0.25) is 0 Å². The second kappa shape index (κ2) is 7.96. The molecule has 0 spiro atoms. The van der Waals surface area contributed by atoms with Crippen LogP contribution in [0.15, 0.2) is 77.4 Å². The van der Waals surface area contributed by atoms with Gasteiger partial charge in [0.15, 0.2) is 18.2 Å². The molecule has 2 aromatic carbocycles. The van der Waals surface area contributed by atoms with Gasteiger partial charge in [0.2, 0.25) is 0 Å². The number of pyridine rings is 1. The topological polar surface area (TPSA) is 113 Å². The Morgan fingerprint density at radius 1 is 1.03 bits per heavy atom. The minimum absolute atomic E-state index is 0.128. The molecular weight excluding hydrogens is 388 g/mol. The van der Waals surface area contributed by atoms with Crippen molar-refractivity contribution in [3.63, 3.8) is 0 Å². The number of ketones is 1. The molecule has 0 aliphatic rings. The number of rotatable bonds is 6. The van der Waals surface area contributed by atoms with Crippen LogP contribution in [0.3, 0.4) is 0 Å². The van der Waals surface area contributed by atoms with E-state index in [-0.39, 0.29) is 16.8 Å². The van der Waals surface area contributed by atoms with Gasteiger partial charge in [0.25, 0.3) is 5.69 Å². The number of esters is 1. The number of benzene rings is 2. The highest BCUT2D eigenvalue weighted by Crippen LogP contribution is 2.25. The molecule has 148 valence electrons. The lowest BCUT2D eigenvalue weighted by Crippen LogP contribution is -2.15. The Kier molecular flexibility index (Phi) is 5.04. The fraction of sp³-hybridized carbons (Fsp3) is 0.0455. The molecule has 0 aliphatic carbocycles. The second-order valence-corrected chi connectivity index (χ2v) is 6.35. The number of non-ortho nitro benzene ring substituents is 1. The number of furan rings is 1. The van der Waals surface area contributed by atoms with E-state index in [0.29, 0.717) is 22.4 Å². The summed E-state index contributed by atoms with van der Waals surface area (Å²) in [7, 11) is 0. The molecule has 30 heavy (non-hydrogen) atoms. The molecule has 2 heterocycles. The monoisotopic (exact) mass is 402 g/mol. The fourth-order valence-corrected chi connectivity index (χ4v) is 2.96. The zero-order valence-electron chi connectivity index (χ0n) is 15.5. The molecular formula is C22H14N2O6. The van der Waals surface area contributed by atoms with E-state index in [4.69, 9.17) is 9.15 Å². The molecule has 2 aromatic heterocycles. The Morgan fingerprint density at radius 2 is 1.80 bits per heavy atom. The molecule has 0 radical (unpaired) electrons. The van der Waals surface area contributed by atoms with Crippen LogP contribution in [0.1, 0.15) is 20.7 Å². The van der Waals surface area contributed by atoms with Crippen molar-refractivity contribution in [3.8, 4) is 11.5 Å². The lowest BCUT2D eigenvalue weighted by atomic mass is 10.1. The van der Waals surface area contributed by atoms with Gasteiger partial charge in [-0.05, 0) is 36.4 Å². The molecule has 0 saturated heterocycles. The van der Waals surface area contributed by atoms with Crippen LogP contribution in [-0.4, -0.2) is 28.3 Å². The molecule has 4 aromatic rings. The minimum atomic E-state index is -0.684. The molecule has 0 amide bonds. The van der Waals surface area contributed by atoms with Crippen molar-refractivity contribution in [3.05, 3.63) is 94.2 Å². The predicted octanol–water partition coefficient (Wildman–Crippen LogP) is 4.44. The van der Waals surface area contributed by atoms with Crippen molar-refractivity contribution in [1.29, 1.82) is 0 Å². The third-order valence-corrected chi connectivity index (χ3v) is 4.44. The van der Waals surface area contributed by atoms with Crippen LogP contribution in [0.5, 0.6) is 0 Å². The summed E-state index contributed by atoms with van der Waals surface area (Å²) in [5, 5.41) is 11.3. The number of Topliss-reactive ketones (excluding diaryl/α,β-unsaturated/α-hetero) is 1. The number of aromatic nitrogens is 1. The molecule has 8 heteroatoms. The lowest BCUT2D eigenvalue weighted by molar-refractivity contribution is -0.384. The van der Waals surface area contributed by atoms with Crippen molar-refractivity contribution < 1.29 is 23.7 Å². The first-order chi connectivity index (χ1) is 14.5. The maximum atomic E-state index is 12.7. The summed E-state index contributed by atoms with van der Waals surface area (Å²) in [5.74, 6) is -0.656. The molecule has 4 rings (SSSR count). The van der Waals surface area contributed by atoms with Crippen LogP contribution in [0.4, 0.5) is 5.69 Å². The number of carbonyl (C=O) groups excluding carboxylic acids is 2. The number of nitro benzene ring substituents is 1. The summed E-state index contributed by atoms with van der Waals surface area (Å²) >= 11 is 0. The number of hydrogen-bond acceptors (Lipinski definition) is 7. The highest BCUT2D eigenvalue weighted by molar-refractivity contribution is 6.06. The number of hydrogen-bond donors (Lipinski definition) is 0. The Morgan fingerprint density at radius 3 is 2.50 bits per heavy atom. The van der Waals surface area contributed by atoms with E-state index in [0.717, 1.165) is 0 Å². The van der Waals surface area contributed by atoms with Crippen molar-refractivity contribution in [2.75, 3.05) is 6.61 Å². The molecule has 0 unspecified atom stereocenters. The first kappa shape index (κ1) is 19.0. The molecule has 0 N–H and O–H groups in total. The Balaban J connectivity index is 1.57. The Hall–Kier alpha value is -4.33. The van der Waals surface area contributed by atoms with E-state index in [2.05, 4.69) is 4.98 Å². The Bertz CT molecular complexity index is 1250. The van der Waals surface area contributed by atoms with Crippen molar-refractivity contribution in [2.24, 2.45) is 0 Å². The fourth-order valence-electron chi connectivity index (χ4n) is 2.96. The Labute approximate surface area is 169 Å². The minimum Gasteiger partial charge on any atom is -0.463 e. The number of ether oxygens (including phenoxy) is 1. The predicted molar refractivity (Wildman–Crippen MR) is 107 cm³/mol. The van der Waals surface area contributed by atoms with E-state index in [1.54, 1.807) is 42.5 Å². The number of nitro groups is 1. The third kappa shape index (κ3) is 3.79. The lowest BCUT2D eigenvalue weighted by Gasteiger charge is -2.09. The van der Waals surface area contributed by atoms with Crippen LogP contribution in [0.25, 0.3) is 22.4 Å². The summed E-state index contributed by atoms with van der Waals surface area (Å²) in [4.78, 5) is 39.7. The van der Waals surface area contributed by atoms with Gasteiger partial charge in [-0.2, -0.15) is 0 Å². The van der Waals surface area contributed by atoms with Crippen LogP contribution in [-0.2, 0) is 4.74 Å². The number of para-hydroxylation sites is 1. The second-order valence-electron chi connectivity index (χ2n) is 6.35. The van der Waals surface area contributed by atoms with E-state index < -0.39 is 23.3 Å². The van der Waals surface area contributed by atoms with E-state index in [9.17, 15) is 19.7 Å².